The van der Waals surface area contributed by atoms with Crippen LogP contribution in [0.1, 0.15) is 28.1 Å². The lowest BCUT2D eigenvalue weighted by Gasteiger charge is -2.07. The molecule has 0 unspecified atom stereocenters. The number of amides is 1. The Morgan fingerprint density at radius 1 is 1.12 bits per heavy atom. The Balaban J connectivity index is 1.66. The van der Waals surface area contributed by atoms with E-state index in [1.165, 1.54) is 6.07 Å². The molecular weight excluding hydrogens is 369 g/mol. The smallest absolute Gasteiger partial charge is 0.306 e. The van der Waals surface area contributed by atoms with Crippen molar-refractivity contribution in [2.75, 3.05) is 6.61 Å². The highest BCUT2D eigenvalue weighted by Crippen LogP contribution is 2.22. The second-order valence-electron chi connectivity index (χ2n) is 5.06. The molecular formula is C17H15ClFNO4S. The molecule has 1 amide bonds. The Kier molecular flexibility index (Phi) is 7.09. The van der Waals surface area contributed by atoms with Crippen LogP contribution < -0.4 is 5.32 Å². The van der Waals surface area contributed by atoms with Gasteiger partial charge in [-0.25, -0.2) is 4.39 Å². The zero-order chi connectivity index (χ0) is 18.2. The van der Waals surface area contributed by atoms with Crippen LogP contribution in [-0.4, -0.2) is 24.3 Å². The monoisotopic (exact) mass is 383 g/mol. The minimum absolute atomic E-state index is 0.000675. The van der Waals surface area contributed by atoms with Gasteiger partial charge in [0.05, 0.1) is 15.6 Å². The van der Waals surface area contributed by atoms with Crippen LogP contribution in [0.2, 0.25) is 4.34 Å². The van der Waals surface area contributed by atoms with E-state index in [-0.39, 0.29) is 25.2 Å². The van der Waals surface area contributed by atoms with E-state index >= 15 is 0 Å². The Morgan fingerprint density at radius 3 is 2.56 bits per heavy atom. The first-order chi connectivity index (χ1) is 12.0. The number of ether oxygens (including phenoxy) is 1. The minimum atomic E-state index is -0.656. The molecule has 2 aromatic rings. The Hall–Kier alpha value is -2.25. The van der Waals surface area contributed by atoms with Crippen molar-refractivity contribution in [2.45, 2.75) is 19.4 Å². The molecule has 0 aliphatic carbocycles. The van der Waals surface area contributed by atoms with Crippen molar-refractivity contribution in [1.29, 1.82) is 0 Å². The number of thiophene rings is 1. The second kappa shape index (κ2) is 9.29. The van der Waals surface area contributed by atoms with Crippen molar-refractivity contribution in [3.63, 3.8) is 0 Å². The third-order valence-electron chi connectivity index (χ3n) is 3.20. The molecule has 1 N–H and O–H groups in total. The van der Waals surface area contributed by atoms with E-state index in [4.69, 9.17) is 16.3 Å². The van der Waals surface area contributed by atoms with Crippen molar-refractivity contribution in [3.8, 4) is 0 Å². The Bertz CT molecular complexity index is 778. The summed E-state index contributed by atoms with van der Waals surface area (Å²) >= 11 is 6.88. The first kappa shape index (κ1) is 19.1. The van der Waals surface area contributed by atoms with Gasteiger partial charge in [-0.3, -0.25) is 14.4 Å². The van der Waals surface area contributed by atoms with E-state index in [1.54, 1.807) is 30.3 Å². The number of hydrogen-bond donors (Lipinski definition) is 1. The number of esters is 1. The Morgan fingerprint density at radius 2 is 1.88 bits per heavy atom. The van der Waals surface area contributed by atoms with Gasteiger partial charge in [0.15, 0.2) is 12.4 Å². The lowest BCUT2D eigenvalue weighted by Crippen LogP contribution is -2.28. The standard InChI is InChI=1S/C17H15ClFNO4S/c18-15-7-6-14(25-15)13(21)5-8-17(23)24-10-16(22)20-9-11-3-1-2-4-12(11)19/h1-4,6-7H,5,8-10H2,(H,20,22). The van der Waals surface area contributed by atoms with E-state index in [1.807, 2.05) is 0 Å². The van der Waals surface area contributed by atoms with Crippen LogP contribution >= 0.6 is 22.9 Å². The van der Waals surface area contributed by atoms with E-state index < -0.39 is 24.3 Å². The maximum absolute atomic E-state index is 13.4. The van der Waals surface area contributed by atoms with E-state index in [2.05, 4.69) is 5.32 Å². The summed E-state index contributed by atoms with van der Waals surface area (Å²) in [5.74, 6) is -1.84. The van der Waals surface area contributed by atoms with E-state index in [0.29, 0.717) is 14.8 Å². The average Bonchev–Trinajstić information content (AvgIpc) is 3.03. The quantitative estimate of drug-likeness (QED) is 0.560. The van der Waals surface area contributed by atoms with Gasteiger partial charge in [-0.05, 0) is 18.2 Å². The molecule has 1 aromatic heterocycles. The van der Waals surface area contributed by atoms with Gasteiger partial charge in [-0.1, -0.05) is 29.8 Å². The molecule has 1 heterocycles. The molecule has 2 rings (SSSR count). The van der Waals surface area contributed by atoms with Crippen molar-refractivity contribution in [1.82, 2.24) is 5.32 Å². The molecule has 0 aliphatic heterocycles. The van der Waals surface area contributed by atoms with Crippen LogP contribution in [0.5, 0.6) is 0 Å². The topological polar surface area (TPSA) is 72.5 Å². The van der Waals surface area contributed by atoms with Crippen molar-refractivity contribution < 1.29 is 23.5 Å². The van der Waals surface area contributed by atoms with Gasteiger partial charge in [0.2, 0.25) is 0 Å². The summed E-state index contributed by atoms with van der Waals surface area (Å²) in [5, 5.41) is 2.45. The highest BCUT2D eigenvalue weighted by molar-refractivity contribution is 7.18. The van der Waals surface area contributed by atoms with Crippen LogP contribution in [0.4, 0.5) is 4.39 Å². The molecule has 0 spiro atoms. The summed E-state index contributed by atoms with van der Waals surface area (Å²) in [6, 6.07) is 9.24. The minimum Gasteiger partial charge on any atom is -0.456 e. The van der Waals surface area contributed by atoms with Gasteiger partial charge in [-0.2, -0.15) is 0 Å². The molecule has 0 bridgehead atoms. The third kappa shape index (κ3) is 6.28. The molecule has 8 heteroatoms. The zero-order valence-corrected chi connectivity index (χ0v) is 14.7. The molecule has 0 saturated heterocycles. The number of hydrogen-bond acceptors (Lipinski definition) is 5. The normalized spacial score (nSPS) is 10.3. The highest BCUT2D eigenvalue weighted by atomic mass is 35.5. The van der Waals surface area contributed by atoms with Gasteiger partial charge >= 0.3 is 5.97 Å². The van der Waals surface area contributed by atoms with Gasteiger partial charge in [0.25, 0.3) is 5.91 Å². The lowest BCUT2D eigenvalue weighted by atomic mass is 10.2. The van der Waals surface area contributed by atoms with Crippen LogP contribution in [0.15, 0.2) is 36.4 Å². The maximum Gasteiger partial charge on any atom is 0.306 e. The summed E-state index contributed by atoms with van der Waals surface area (Å²) < 4.78 is 18.7. The number of carbonyl (C=O) groups excluding carboxylic acids is 3. The maximum atomic E-state index is 13.4. The first-order valence-corrected chi connectivity index (χ1v) is 8.59. The number of nitrogens with one attached hydrogen (secondary N) is 1. The summed E-state index contributed by atoms with van der Waals surface area (Å²) in [5.41, 5.74) is 0.336. The number of carbonyl (C=O) groups is 3. The SMILES string of the molecule is O=C(COC(=O)CCC(=O)c1ccc(Cl)s1)NCc1ccccc1F. The predicted octanol–water partition coefficient (Wildman–Crippen LogP) is 3.36. The van der Waals surface area contributed by atoms with Crippen molar-refractivity contribution in [3.05, 3.63) is 57.0 Å². The largest absolute Gasteiger partial charge is 0.456 e. The lowest BCUT2D eigenvalue weighted by molar-refractivity contribution is -0.148. The predicted molar refractivity (Wildman–Crippen MR) is 92.1 cm³/mol. The van der Waals surface area contributed by atoms with E-state index in [0.717, 1.165) is 11.3 Å². The molecule has 25 heavy (non-hydrogen) atoms. The summed E-state index contributed by atoms with van der Waals surface area (Å²) in [4.78, 5) is 35.5. The van der Waals surface area contributed by atoms with E-state index in [9.17, 15) is 18.8 Å². The summed E-state index contributed by atoms with van der Waals surface area (Å²) in [6.07, 6.45) is -0.151. The fourth-order valence-corrected chi connectivity index (χ4v) is 2.92. The Labute approximate surface area is 152 Å². The van der Waals surface area contributed by atoms with Crippen LogP contribution in [0.25, 0.3) is 0 Å². The third-order valence-corrected chi connectivity index (χ3v) is 4.47. The second-order valence-corrected chi connectivity index (χ2v) is 6.77. The number of halogens is 2. The first-order valence-electron chi connectivity index (χ1n) is 7.40. The molecule has 0 atom stereocenters. The zero-order valence-electron chi connectivity index (χ0n) is 13.1. The fraction of sp³-hybridized carbons (Fsp3) is 0.235. The average molecular weight is 384 g/mol. The van der Waals surface area contributed by atoms with Crippen molar-refractivity contribution in [2.24, 2.45) is 0 Å². The molecule has 5 nitrogen and oxygen atoms in total. The molecule has 0 saturated carbocycles. The van der Waals surface area contributed by atoms with Crippen molar-refractivity contribution >= 4 is 40.6 Å². The van der Waals surface area contributed by atoms with Crippen LogP contribution in [0, 0.1) is 5.82 Å². The molecule has 132 valence electrons. The number of benzene rings is 1. The fourth-order valence-electron chi connectivity index (χ4n) is 1.91. The molecule has 1 aromatic carbocycles. The van der Waals surface area contributed by atoms with Gasteiger partial charge in [0.1, 0.15) is 5.82 Å². The molecule has 0 aliphatic rings. The number of ketones is 1. The van der Waals surface area contributed by atoms with Crippen LogP contribution in [0.3, 0.4) is 0 Å². The summed E-state index contributed by atoms with van der Waals surface area (Å²) in [6.45, 7) is -0.479. The molecule has 0 fully saturated rings. The highest BCUT2D eigenvalue weighted by Gasteiger charge is 2.13. The number of Topliss-reactive ketones (excluding diaryl/α,β-unsaturated/α-hetero) is 1. The molecule has 0 radical (unpaired) electrons. The van der Waals surface area contributed by atoms with Gasteiger partial charge in [-0.15, -0.1) is 11.3 Å². The summed E-state index contributed by atoms with van der Waals surface area (Å²) in [7, 11) is 0. The van der Waals surface area contributed by atoms with Crippen LogP contribution in [-0.2, 0) is 20.9 Å². The van der Waals surface area contributed by atoms with Gasteiger partial charge in [0, 0.05) is 18.5 Å². The number of rotatable bonds is 8. The van der Waals surface area contributed by atoms with Gasteiger partial charge < -0.3 is 10.1 Å².